The van der Waals surface area contributed by atoms with Crippen molar-refractivity contribution in [3.63, 3.8) is 0 Å². The molecule has 1 aromatic heterocycles. The zero-order chi connectivity index (χ0) is 31.4. The van der Waals surface area contributed by atoms with Gasteiger partial charge >= 0.3 is 12.1 Å². The van der Waals surface area contributed by atoms with Crippen molar-refractivity contribution in [1.29, 1.82) is 0 Å². The maximum Gasteiger partial charge on any atom is 0.408 e. The zero-order valence-corrected chi connectivity index (χ0v) is 26.5. The lowest BCUT2D eigenvalue weighted by molar-refractivity contribution is -0.122. The van der Waals surface area contributed by atoms with E-state index in [2.05, 4.69) is 33.4 Å². The van der Waals surface area contributed by atoms with Crippen molar-refractivity contribution in [2.75, 3.05) is 20.3 Å². The minimum atomic E-state index is -0.736. The van der Waals surface area contributed by atoms with E-state index in [-0.39, 0.29) is 17.8 Å². The Bertz CT molecular complexity index is 1510. The van der Waals surface area contributed by atoms with E-state index in [1.54, 1.807) is 27.7 Å². The molecule has 0 spiro atoms. The van der Waals surface area contributed by atoms with Gasteiger partial charge in [0.25, 0.3) is 0 Å². The summed E-state index contributed by atoms with van der Waals surface area (Å²) in [7, 11) is 1.41. The Hall–Kier alpha value is -4.01. The normalized spacial score (nSPS) is 17.7. The molecule has 1 saturated carbocycles. The molecule has 9 heteroatoms. The van der Waals surface area contributed by atoms with Crippen LogP contribution in [-0.4, -0.2) is 54.4 Å². The van der Waals surface area contributed by atoms with Crippen molar-refractivity contribution in [3.8, 4) is 17.0 Å². The van der Waals surface area contributed by atoms with Gasteiger partial charge in [0.2, 0.25) is 5.91 Å². The van der Waals surface area contributed by atoms with Gasteiger partial charge in [-0.1, -0.05) is 37.5 Å². The number of para-hydroxylation sites is 1. The minimum absolute atomic E-state index is 0.0770. The van der Waals surface area contributed by atoms with Crippen LogP contribution >= 0.6 is 0 Å². The number of methoxy groups -OCH3 is 1. The summed E-state index contributed by atoms with van der Waals surface area (Å²) in [4.78, 5) is 37.5. The minimum Gasteiger partial charge on any atom is -0.493 e. The van der Waals surface area contributed by atoms with Crippen LogP contribution in [0.2, 0.25) is 0 Å². The quantitative estimate of drug-likeness (QED) is 0.296. The lowest BCUT2D eigenvalue weighted by Gasteiger charge is -2.28. The number of benzene rings is 2. The second kappa shape index (κ2) is 13.3. The third-order valence-electron chi connectivity index (χ3n) is 8.57. The highest BCUT2D eigenvalue weighted by Crippen LogP contribution is 2.47. The predicted molar refractivity (Wildman–Crippen MR) is 170 cm³/mol. The molecule has 3 aromatic rings. The lowest BCUT2D eigenvalue weighted by atomic mass is 9.81. The number of aromatic nitrogens is 1. The highest BCUT2D eigenvalue weighted by atomic mass is 16.6. The summed E-state index contributed by atoms with van der Waals surface area (Å²) >= 11 is 0. The Morgan fingerprint density at radius 2 is 1.82 bits per heavy atom. The van der Waals surface area contributed by atoms with Gasteiger partial charge < -0.3 is 29.4 Å². The molecule has 1 unspecified atom stereocenters. The SMILES string of the molecule is COC(=O)c1ccc2c(C3CCCCC3)c3n(c2c1)CC(CCNC(=O)[C@H](C)NC(=O)OC(C)(C)C)COc1ccccc1-3. The van der Waals surface area contributed by atoms with Crippen LogP contribution in [0.4, 0.5) is 4.79 Å². The van der Waals surface area contributed by atoms with Crippen LogP contribution in [0.15, 0.2) is 42.5 Å². The highest BCUT2D eigenvalue weighted by Gasteiger charge is 2.31. The summed E-state index contributed by atoms with van der Waals surface area (Å²) in [5.74, 6) is 0.710. The number of ether oxygens (including phenoxy) is 3. The molecule has 44 heavy (non-hydrogen) atoms. The van der Waals surface area contributed by atoms with Crippen molar-refractivity contribution < 1.29 is 28.6 Å². The van der Waals surface area contributed by atoms with E-state index < -0.39 is 17.7 Å². The van der Waals surface area contributed by atoms with Crippen molar-refractivity contribution in [1.82, 2.24) is 15.2 Å². The fourth-order valence-electron chi connectivity index (χ4n) is 6.49. The summed E-state index contributed by atoms with van der Waals surface area (Å²) in [6, 6.07) is 13.4. The lowest BCUT2D eigenvalue weighted by Crippen LogP contribution is -2.46. The average Bonchev–Trinajstić information content (AvgIpc) is 3.30. The zero-order valence-electron chi connectivity index (χ0n) is 26.5. The number of esters is 1. The van der Waals surface area contributed by atoms with E-state index in [1.807, 2.05) is 24.3 Å². The largest absolute Gasteiger partial charge is 0.493 e. The molecule has 0 radical (unpaired) electrons. The molecule has 1 aliphatic carbocycles. The number of nitrogens with one attached hydrogen (secondary N) is 2. The van der Waals surface area contributed by atoms with E-state index in [0.717, 1.165) is 35.4 Å². The molecule has 5 rings (SSSR count). The molecule has 2 N–H and O–H groups in total. The first-order valence-corrected chi connectivity index (χ1v) is 15.8. The van der Waals surface area contributed by atoms with Gasteiger partial charge in [-0.15, -0.1) is 0 Å². The van der Waals surface area contributed by atoms with Crippen molar-refractivity contribution >= 4 is 28.9 Å². The first-order valence-electron chi connectivity index (χ1n) is 15.8. The molecule has 2 aromatic carbocycles. The van der Waals surface area contributed by atoms with Crippen molar-refractivity contribution in [3.05, 3.63) is 53.6 Å². The van der Waals surface area contributed by atoms with Gasteiger partial charge in [0.1, 0.15) is 17.4 Å². The first-order chi connectivity index (χ1) is 21.1. The maximum atomic E-state index is 12.8. The molecule has 2 heterocycles. The summed E-state index contributed by atoms with van der Waals surface area (Å²) in [5.41, 5.74) is 4.46. The van der Waals surface area contributed by atoms with E-state index in [0.29, 0.717) is 37.6 Å². The van der Waals surface area contributed by atoms with Crippen molar-refractivity contribution in [2.24, 2.45) is 5.92 Å². The second-order valence-electron chi connectivity index (χ2n) is 13.1. The predicted octanol–water partition coefficient (Wildman–Crippen LogP) is 6.57. The number of fused-ring (bicyclic) bond motifs is 5. The maximum absolute atomic E-state index is 12.8. The number of carbonyl (C=O) groups is 3. The Kier molecular flexibility index (Phi) is 9.51. The van der Waals surface area contributed by atoms with Gasteiger partial charge in [0.15, 0.2) is 0 Å². The molecule has 2 atom stereocenters. The topological polar surface area (TPSA) is 108 Å². The summed E-state index contributed by atoms with van der Waals surface area (Å²) in [6.45, 7) is 8.54. The van der Waals surface area contributed by atoms with Gasteiger partial charge in [0, 0.05) is 35.5 Å². The highest BCUT2D eigenvalue weighted by molar-refractivity contribution is 5.99. The molecule has 236 valence electrons. The van der Waals surface area contributed by atoms with E-state index in [9.17, 15) is 14.4 Å². The third-order valence-corrected chi connectivity index (χ3v) is 8.57. The number of rotatable bonds is 7. The first kappa shape index (κ1) is 31.4. The van der Waals surface area contributed by atoms with Crippen LogP contribution in [0.5, 0.6) is 5.75 Å². The summed E-state index contributed by atoms with van der Waals surface area (Å²) in [5, 5.41) is 6.74. The molecule has 2 amide bonds. The Balaban J connectivity index is 1.44. The van der Waals surface area contributed by atoms with E-state index in [4.69, 9.17) is 14.2 Å². The monoisotopic (exact) mass is 603 g/mol. The smallest absolute Gasteiger partial charge is 0.408 e. The molecule has 0 bridgehead atoms. The Labute approximate surface area is 259 Å². The van der Waals surface area contributed by atoms with Gasteiger partial charge in [-0.2, -0.15) is 0 Å². The fraction of sp³-hybridized carbons (Fsp3) is 0.514. The Morgan fingerprint density at radius 1 is 1.07 bits per heavy atom. The molecule has 0 saturated heterocycles. The molecular formula is C35H45N3O6. The number of alkyl carbamates (subject to hydrolysis) is 1. The van der Waals surface area contributed by atoms with Gasteiger partial charge in [-0.25, -0.2) is 9.59 Å². The van der Waals surface area contributed by atoms with Crippen molar-refractivity contribution in [2.45, 2.75) is 90.3 Å². The average molecular weight is 604 g/mol. The van der Waals surface area contributed by atoms with Crippen LogP contribution < -0.4 is 15.4 Å². The number of amides is 2. The molecule has 2 aliphatic rings. The summed E-state index contributed by atoms with van der Waals surface area (Å²) < 4.78 is 19.2. The van der Waals surface area contributed by atoms with Crippen LogP contribution in [0.3, 0.4) is 0 Å². The number of nitrogens with zero attached hydrogens (tertiary/aromatic N) is 1. The number of hydrogen-bond donors (Lipinski definition) is 2. The van der Waals surface area contributed by atoms with Gasteiger partial charge in [-0.3, -0.25) is 4.79 Å². The molecule has 9 nitrogen and oxygen atoms in total. The van der Waals surface area contributed by atoms with Crippen LogP contribution in [0, 0.1) is 5.92 Å². The molecule has 1 aliphatic heterocycles. The van der Waals surface area contributed by atoms with Gasteiger partial charge in [0.05, 0.1) is 25.0 Å². The van der Waals surface area contributed by atoms with Gasteiger partial charge in [-0.05, 0) is 82.7 Å². The second-order valence-corrected chi connectivity index (χ2v) is 13.1. The number of carbonyl (C=O) groups excluding carboxylic acids is 3. The molecule has 1 fully saturated rings. The van der Waals surface area contributed by atoms with E-state index >= 15 is 0 Å². The molecular weight excluding hydrogens is 558 g/mol. The summed E-state index contributed by atoms with van der Waals surface area (Å²) in [6.07, 6.45) is 5.99. The number of hydrogen-bond acceptors (Lipinski definition) is 6. The third kappa shape index (κ3) is 7.03. The Morgan fingerprint density at radius 3 is 2.55 bits per heavy atom. The van der Waals surface area contributed by atoms with Crippen LogP contribution in [0.1, 0.15) is 88.1 Å². The van der Waals surface area contributed by atoms with Crippen LogP contribution in [0.25, 0.3) is 22.2 Å². The van der Waals surface area contributed by atoms with E-state index in [1.165, 1.54) is 37.3 Å². The standard InChI is InChI=1S/C35H45N3O6/c1-22(37-34(41)44-35(2,3)4)32(39)36-18-17-23-20-38-28-19-25(33(40)42-5)15-16-26(28)30(24-11-7-6-8-12-24)31(38)27-13-9-10-14-29(27)43-21-23/h9-10,13-16,19,22-24H,6-8,11-12,17-18,20-21H2,1-5H3,(H,36,39)(H,37,41)/t22-,23?/m0/s1. The fourth-order valence-corrected chi connectivity index (χ4v) is 6.49. The van der Waals surface area contributed by atoms with Crippen LogP contribution in [-0.2, 0) is 20.8 Å².